The molecule has 3 nitrogen and oxygen atoms in total. The summed E-state index contributed by atoms with van der Waals surface area (Å²) in [4.78, 5) is 14.0. The molecule has 0 spiro atoms. The molecule has 0 saturated carbocycles. The summed E-state index contributed by atoms with van der Waals surface area (Å²) < 4.78 is 0. The molecule has 0 aliphatic rings. The minimum atomic E-state index is -0.804. The maximum Gasteiger partial charge on any atom is 0.307 e. The van der Waals surface area contributed by atoms with Crippen LogP contribution in [0.2, 0.25) is 0 Å². The van der Waals surface area contributed by atoms with Crippen molar-refractivity contribution in [3.63, 3.8) is 0 Å². The number of aromatic amines is 1. The number of benzene rings is 2. The Hall–Kier alpha value is -2.29. The van der Waals surface area contributed by atoms with Gasteiger partial charge in [0.25, 0.3) is 0 Å². The van der Waals surface area contributed by atoms with Crippen LogP contribution in [-0.4, -0.2) is 16.1 Å². The smallest absolute Gasteiger partial charge is 0.307 e. The van der Waals surface area contributed by atoms with Crippen LogP contribution < -0.4 is 0 Å². The van der Waals surface area contributed by atoms with Crippen molar-refractivity contribution in [3.05, 3.63) is 47.5 Å². The van der Waals surface area contributed by atoms with Crippen LogP contribution in [0.3, 0.4) is 0 Å². The number of carboxylic acid groups (broad SMARTS) is 1. The molecule has 3 rings (SSSR count). The van der Waals surface area contributed by atoms with E-state index in [-0.39, 0.29) is 6.42 Å². The summed E-state index contributed by atoms with van der Waals surface area (Å²) in [5.74, 6) is -0.804. The summed E-state index contributed by atoms with van der Waals surface area (Å²) in [5.41, 5.74) is 4.12. The standard InChI is InChI=1S/C15H13NO2/c1-9-2-5-13-12(6-9)11-4-3-10(8-15(17)18)7-14(11)16-13/h2-7,16H,8H2,1H3,(H,17,18). The van der Waals surface area contributed by atoms with Gasteiger partial charge in [-0.05, 0) is 30.7 Å². The van der Waals surface area contributed by atoms with Gasteiger partial charge in [-0.3, -0.25) is 4.79 Å². The SMILES string of the molecule is Cc1ccc2[nH]c3cc(CC(=O)O)ccc3c2c1. The maximum atomic E-state index is 10.7. The first-order valence-electron chi connectivity index (χ1n) is 5.86. The maximum absolute atomic E-state index is 10.7. The molecule has 0 radical (unpaired) electrons. The molecule has 90 valence electrons. The third-order valence-electron chi connectivity index (χ3n) is 3.17. The Kier molecular flexibility index (Phi) is 2.33. The molecule has 0 bridgehead atoms. The Morgan fingerprint density at radius 3 is 2.72 bits per heavy atom. The second-order valence-corrected chi connectivity index (χ2v) is 4.62. The lowest BCUT2D eigenvalue weighted by atomic mass is 10.1. The van der Waals surface area contributed by atoms with Gasteiger partial charge in [0.15, 0.2) is 0 Å². The summed E-state index contributed by atoms with van der Waals surface area (Å²) in [6.07, 6.45) is 0.0599. The number of hydrogen-bond donors (Lipinski definition) is 2. The van der Waals surface area contributed by atoms with E-state index in [1.165, 1.54) is 10.9 Å². The zero-order chi connectivity index (χ0) is 12.7. The number of H-pyrrole nitrogens is 1. The summed E-state index contributed by atoms with van der Waals surface area (Å²) in [7, 11) is 0. The van der Waals surface area contributed by atoms with Gasteiger partial charge in [0, 0.05) is 21.8 Å². The molecular weight excluding hydrogens is 226 g/mol. The molecule has 2 aromatic carbocycles. The third kappa shape index (κ3) is 1.74. The number of aliphatic carboxylic acids is 1. The average molecular weight is 239 g/mol. The van der Waals surface area contributed by atoms with Gasteiger partial charge >= 0.3 is 5.97 Å². The molecule has 3 aromatic rings. The lowest BCUT2D eigenvalue weighted by Gasteiger charge is -1.97. The number of fused-ring (bicyclic) bond motifs is 3. The van der Waals surface area contributed by atoms with E-state index in [4.69, 9.17) is 5.11 Å². The summed E-state index contributed by atoms with van der Waals surface area (Å²) in [6.45, 7) is 2.07. The fourth-order valence-corrected chi connectivity index (χ4v) is 2.35. The third-order valence-corrected chi connectivity index (χ3v) is 3.17. The number of aromatic nitrogens is 1. The van der Waals surface area contributed by atoms with Crippen LogP contribution in [0.4, 0.5) is 0 Å². The molecular formula is C15H13NO2. The molecule has 1 heterocycles. The molecule has 0 aliphatic carbocycles. The van der Waals surface area contributed by atoms with Crippen molar-refractivity contribution in [2.75, 3.05) is 0 Å². The lowest BCUT2D eigenvalue weighted by molar-refractivity contribution is -0.136. The first-order chi connectivity index (χ1) is 8.63. The van der Waals surface area contributed by atoms with Gasteiger partial charge < -0.3 is 10.1 Å². The Labute approximate surface area is 104 Å². The second kappa shape index (κ2) is 3.88. The summed E-state index contributed by atoms with van der Waals surface area (Å²) in [6, 6.07) is 12.1. The van der Waals surface area contributed by atoms with E-state index in [9.17, 15) is 4.79 Å². The fourth-order valence-electron chi connectivity index (χ4n) is 2.35. The van der Waals surface area contributed by atoms with Crippen molar-refractivity contribution in [1.29, 1.82) is 0 Å². The Morgan fingerprint density at radius 2 is 1.94 bits per heavy atom. The van der Waals surface area contributed by atoms with Crippen LogP contribution >= 0.6 is 0 Å². The van der Waals surface area contributed by atoms with E-state index in [1.54, 1.807) is 0 Å². The highest BCUT2D eigenvalue weighted by Crippen LogP contribution is 2.27. The van der Waals surface area contributed by atoms with Crippen molar-refractivity contribution >= 4 is 27.8 Å². The molecule has 3 heteroatoms. The van der Waals surface area contributed by atoms with Gasteiger partial charge in [-0.25, -0.2) is 0 Å². The van der Waals surface area contributed by atoms with E-state index >= 15 is 0 Å². The topological polar surface area (TPSA) is 53.1 Å². The van der Waals surface area contributed by atoms with Crippen molar-refractivity contribution in [3.8, 4) is 0 Å². The Morgan fingerprint density at radius 1 is 1.11 bits per heavy atom. The van der Waals surface area contributed by atoms with Crippen LogP contribution in [0.25, 0.3) is 21.8 Å². The highest BCUT2D eigenvalue weighted by molar-refractivity contribution is 6.07. The monoisotopic (exact) mass is 239 g/mol. The normalized spacial score (nSPS) is 11.2. The quantitative estimate of drug-likeness (QED) is 0.721. The highest BCUT2D eigenvalue weighted by Gasteiger charge is 2.06. The molecule has 1 aromatic heterocycles. The molecule has 0 aliphatic heterocycles. The van der Waals surface area contributed by atoms with Gasteiger partial charge in [0.05, 0.1) is 6.42 Å². The minimum Gasteiger partial charge on any atom is -0.481 e. The van der Waals surface area contributed by atoms with Crippen LogP contribution in [0.5, 0.6) is 0 Å². The van der Waals surface area contributed by atoms with Gasteiger partial charge in [-0.1, -0.05) is 23.8 Å². The van der Waals surface area contributed by atoms with E-state index in [0.717, 1.165) is 22.0 Å². The molecule has 18 heavy (non-hydrogen) atoms. The average Bonchev–Trinajstić information content (AvgIpc) is 2.65. The Bertz CT molecular complexity index is 756. The number of carboxylic acids is 1. The van der Waals surface area contributed by atoms with Crippen molar-refractivity contribution in [2.24, 2.45) is 0 Å². The van der Waals surface area contributed by atoms with E-state index in [1.807, 2.05) is 18.2 Å². The van der Waals surface area contributed by atoms with E-state index in [2.05, 4.69) is 30.1 Å². The zero-order valence-corrected chi connectivity index (χ0v) is 10.0. The fraction of sp³-hybridized carbons (Fsp3) is 0.133. The predicted molar refractivity (Wildman–Crippen MR) is 71.9 cm³/mol. The first kappa shape index (κ1) is 10.8. The van der Waals surface area contributed by atoms with Gasteiger partial charge in [-0.2, -0.15) is 0 Å². The summed E-state index contributed by atoms with van der Waals surface area (Å²) >= 11 is 0. The predicted octanol–water partition coefficient (Wildman–Crippen LogP) is 3.26. The number of carbonyl (C=O) groups is 1. The molecule has 0 atom stereocenters. The van der Waals surface area contributed by atoms with Gasteiger partial charge in [0.2, 0.25) is 0 Å². The number of hydrogen-bond acceptors (Lipinski definition) is 1. The molecule has 0 fully saturated rings. The van der Waals surface area contributed by atoms with Crippen LogP contribution in [0, 0.1) is 6.92 Å². The minimum absolute atomic E-state index is 0.0599. The van der Waals surface area contributed by atoms with Gasteiger partial charge in [-0.15, -0.1) is 0 Å². The van der Waals surface area contributed by atoms with Crippen LogP contribution in [-0.2, 0) is 11.2 Å². The Balaban J connectivity index is 2.23. The second-order valence-electron chi connectivity index (χ2n) is 4.62. The summed E-state index contributed by atoms with van der Waals surface area (Å²) in [5, 5.41) is 11.1. The largest absolute Gasteiger partial charge is 0.481 e. The number of nitrogens with one attached hydrogen (secondary N) is 1. The lowest BCUT2D eigenvalue weighted by Crippen LogP contribution is -1.99. The van der Waals surface area contributed by atoms with Crippen LogP contribution in [0.15, 0.2) is 36.4 Å². The van der Waals surface area contributed by atoms with Crippen LogP contribution in [0.1, 0.15) is 11.1 Å². The van der Waals surface area contributed by atoms with Crippen molar-refractivity contribution < 1.29 is 9.90 Å². The number of aryl methyl sites for hydroxylation is 1. The van der Waals surface area contributed by atoms with Crippen molar-refractivity contribution in [1.82, 2.24) is 4.98 Å². The highest BCUT2D eigenvalue weighted by atomic mass is 16.4. The molecule has 0 unspecified atom stereocenters. The zero-order valence-electron chi connectivity index (χ0n) is 10.0. The van der Waals surface area contributed by atoms with E-state index < -0.39 is 5.97 Å². The molecule has 0 saturated heterocycles. The van der Waals surface area contributed by atoms with E-state index in [0.29, 0.717) is 0 Å². The molecule has 0 amide bonds. The first-order valence-corrected chi connectivity index (χ1v) is 5.86. The van der Waals surface area contributed by atoms with Gasteiger partial charge in [0.1, 0.15) is 0 Å². The van der Waals surface area contributed by atoms with Crippen molar-refractivity contribution in [2.45, 2.75) is 13.3 Å². The number of rotatable bonds is 2. The molecule has 2 N–H and O–H groups in total.